The molecule has 1 fully saturated rings. The maximum absolute atomic E-state index is 13.9. The van der Waals surface area contributed by atoms with Crippen molar-refractivity contribution in [2.24, 2.45) is 5.92 Å². The molecule has 2 aromatic carbocycles. The Hall–Kier alpha value is -2.94. The lowest BCUT2D eigenvalue weighted by Gasteiger charge is -2.22. The van der Waals surface area contributed by atoms with Crippen molar-refractivity contribution in [2.75, 3.05) is 21.9 Å². The number of sulfonamides is 1. The third-order valence-electron chi connectivity index (χ3n) is 4.88. The molecular formula is C21H24FN3O4S. The van der Waals surface area contributed by atoms with Gasteiger partial charge in [-0.05, 0) is 48.7 Å². The van der Waals surface area contributed by atoms with Gasteiger partial charge in [0.2, 0.25) is 15.9 Å². The number of nitrogens with zero attached hydrogens (tertiary/aromatic N) is 1. The van der Waals surface area contributed by atoms with Gasteiger partial charge in [-0.3, -0.25) is 13.9 Å². The molecule has 2 N–H and O–H groups in total. The second kappa shape index (κ2) is 8.83. The first-order valence-corrected chi connectivity index (χ1v) is 11.3. The maximum Gasteiger partial charge on any atom is 0.254 e. The Kier molecular flexibility index (Phi) is 6.40. The zero-order valence-corrected chi connectivity index (χ0v) is 17.6. The van der Waals surface area contributed by atoms with Crippen LogP contribution in [0.2, 0.25) is 0 Å². The first-order valence-electron chi connectivity index (χ1n) is 9.66. The first-order chi connectivity index (χ1) is 14.2. The largest absolute Gasteiger partial charge is 0.340 e. The second-order valence-corrected chi connectivity index (χ2v) is 9.47. The Balaban J connectivity index is 1.69. The number of hydrogen-bond acceptors (Lipinski definition) is 4. The zero-order valence-electron chi connectivity index (χ0n) is 16.8. The smallest absolute Gasteiger partial charge is 0.254 e. The van der Waals surface area contributed by atoms with Gasteiger partial charge in [0.05, 0.1) is 17.0 Å². The van der Waals surface area contributed by atoms with E-state index in [1.807, 2.05) is 0 Å². The third-order valence-corrected chi connectivity index (χ3v) is 6.75. The quantitative estimate of drug-likeness (QED) is 0.732. The summed E-state index contributed by atoms with van der Waals surface area (Å²) in [5.41, 5.74) is 0.872. The van der Waals surface area contributed by atoms with E-state index in [4.69, 9.17) is 0 Å². The van der Waals surface area contributed by atoms with Crippen LogP contribution in [0.1, 0.15) is 30.6 Å². The van der Waals surface area contributed by atoms with Crippen LogP contribution < -0.4 is 14.9 Å². The lowest BCUT2D eigenvalue weighted by atomic mass is 10.0. The van der Waals surface area contributed by atoms with E-state index in [9.17, 15) is 22.4 Å². The van der Waals surface area contributed by atoms with E-state index in [0.29, 0.717) is 24.3 Å². The maximum atomic E-state index is 13.9. The van der Waals surface area contributed by atoms with E-state index in [1.165, 1.54) is 22.5 Å². The molecule has 1 aliphatic rings. The molecule has 0 bridgehead atoms. The Bertz CT molecular complexity index is 1040. The summed E-state index contributed by atoms with van der Waals surface area (Å²) in [6, 6.07) is 11.2. The number of carbonyl (C=O) groups excluding carboxylic acids is 2. The molecule has 1 unspecified atom stereocenters. The molecule has 160 valence electrons. The first kappa shape index (κ1) is 21.8. The number of benzene rings is 2. The van der Waals surface area contributed by atoms with E-state index in [1.54, 1.807) is 44.2 Å². The molecule has 30 heavy (non-hydrogen) atoms. The molecule has 2 amide bonds. The van der Waals surface area contributed by atoms with E-state index in [2.05, 4.69) is 10.6 Å². The van der Waals surface area contributed by atoms with Crippen LogP contribution in [0.15, 0.2) is 48.5 Å². The Morgan fingerprint density at radius 2 is 1.73 bits per heavy atom. The summed E-state index contributed by atoms with van der Waals surface area (Å²) in [4.78, 5) is 25.1. The highest BCUT2D eigenvalue weighted by Crippen LogP contribution is 2.25. The minimum Gasteiger partial charge on any atom is -0.340 e. The van der Waals surface area contributed by atoms with Gasteiger partial charge in [-0.25, -0.2) is 12.8 Å². The van der Waals surface area contributed by atoms with Crippen LogP contribution in [0.25, 0.3) is 0 Å². The number of halogens is 1. The minimum atomic E-state index is -3.28. The van der Waals surface area contributed by atoms with Crippen molar-refractivity contribution in [1.82, 2.24) is 5.32 Å². The van der Waals surface area contributed by atoms with E-state index >= 15 is 0 Å². The van der Waals surface area contributed by atoms with Gasteiger partial charge in [0.1, 0.15) is 11.9 Å². The highest BCUT2D eigenvalue weighted by atomic mass is 32.2. The van der Waals surface area contributed by atoms with Crippen molar-refractivity contribution in [3.8, 4) is 0 Å². The SMILES string of the molecule is CC(C)C(NC(=O)c1ccccc1F)C(=O)Nc1ccc(N2CCCS2(=O)=O)cc1. The van der Waals surface area contributed by atoms with Crippen molar-refractivity contribution in [1.29, 1.82) is 0 Å². The fraction of sp³-hybridized carbons (Fsp3) is 0.333. The topological polar surface area (TPSA) is 95.6 Å². The van der Waals surface area contributed by atoms with Crippen LogP contribution in [0, 0.1) is 11.7 Å². The molecule has 1 atom stereocenters. The van der Waals surface area contributed by atoms with Crippen LogP contribution in [0.5, 0.6) is 0 Å². The third kappa shape index (κ3) is 4.79. The number of amides is 2. The molecule has 9 heteroatoms. The van der Waals surface area contributed by atoms with Gasteiger partial charge in [-0.2, -0.15) is 0 Å². The highest BCUT2D eigenvalue weighted by Gasteiger charge is 2.29. The molecule has 1 saturated heterocycles. The molecule has 2 aromatic rings. The molecular weight excluding hydrogens is 409 g/mol. The van der Waals surface area contributed by atoms with Crippen molar-refractivity contribution in [3.05, 3.63) is 59.9 Å². The molecule has 0 saturated carbocycles. The van der Waals surface area contributed by atoms with Gasteiger partial charge >= 0.3 is 0 Å². The fourth-order valence-corrected chi connectivity index (χ4v) is 4.82. The predicted octanol–water partition coefficient (Wildman–Crippen LogP) is 2.76. The van der Waals surface area contributed by atoms with E-state index in [0.717, 1.165) is 0 Å². The molecule has 0 spiro atoms. The number of nitrogens with one attached hydrogen (secondary N) is 2. The number of rotatable bonds is 6. The second-order valence-electron chi connectivity index (χ2n) is 7.45. The summed E-state index contributed by atoms with van der Waals surface area (Å²) >= 11 is 0. The van der Waals surface area contributed by atoms with Gasteiger partial charge in [0.15, 0.2) is 0 Å². The fourth-order valence-electron chi connectivity index (χ4n) is 3.26. The van der Waals surface area contributed by atoms with Gasteiger partial charge in [-0.15, -0.1) is 0 Å². The van der Waals surface area contributed by atoms with E-state index in [-0.39, 0.29) is 17.2 Å². The van der Waals surface area contributed by atoms with Crippen molar-refractivity contribution >= 4 is 33.2 Å². The lowest BCUT2D eigenvalue weighted by Crippen LogP contribution is -2.47. The summed E-state index contributed by atoms with van der Waals surface area (Å²) in [6.45, 7) is 3.98. The Morgan fingerprint density at radius 3 is 2.30 bits per heavy atom. The average molecular weight is 434 g/mol. The highest BCUT2D eigenvalue weighted by molar-refractivity contribution is 7.93. The summed E-state index contributed by atoms with van der Waals surface area (Å²) in [7, 11) is -3.28. The summed E-state index contributed by atoms with van der Waals surface area (Å²) in [6.07, 6.45) is 0.582. The minimum absolute atomic E-state index is 0.128. The van der Waals surface area contributed by atoms with Gasteiger partial charge in [-0.1, -0.05) is 26.0 Å². The standard InChI is InChI=1S/C21H24FN3O4S/c1-14(2)19(24-20(26)17-6-3-4-7-18(17)22)21(27)23-15-8-10-16(11-9-15)25-12-5-13-30(25,28)29/h3-4,6-11,14,19H,5,12-13H2,1-2H3,(H,23,27)(H,24,26). The van der Waals surface area contributed by atoms with Crippen molar-refractivity contribution < 1.29 is 22.4 Å². The normalized spacial score (nSPS) is 16.3. The number of anilines is 2. The lowest BCUT2D eigenvalue weighted by molar-refractivity contribution is -0.118. The molecule has 3 rings (SSSR count). The molecule has 7 nitrogen and oxygen atoms in total. The zero-order chi connectivity index (χ0) is 21.9. The van der Waals surface area contributed by atoms with Gasteiger partial charge in [0.25, 0.3) is 5.91 Å². The van der Waals surface area contributed by atoms with Crippen LogP contribution >= 0.6 is 0 Å². The molecule has 0 aliphatic carbocycles. The van der Waals surface area contributed by atoms with Crippen molar-refractivity contribution in [3.63, 3.8) is 0 Å². The van der Waals surface area contributed by atoms with Crippen LogP contribution in [0.4, 0.5) is 15.8 Å². The van der Waals surface area contributed by atoms with Crippen LogP contribution in [-0.4, -0.2) is 38.6 Å². The summed E-state index contributed by atoms with van der Waals surface area (Å²) < 4.78 is 39.2. The number of carbonyl (C=O) groups is 2. The molecule has 0 radical (unpaired) electrons. The van der Waals surface area contributed by atoms with E-state index < -0.39 is 33.7 Å². The van der Waals surface area contributed by atoms with Gasteiger partial charge < -0.3 is 10.6 Å². The average Bonchev–Trinajstić information content (AvgIpc) is 3.05. The molecule has 0 aromatic heterocycles. The Labute approximate surface area is 175 Å². The van der Waals surface area contributed by atoms with Crippen LogP contribution in [0.3, 0.4) is 0 Å². The number of hydrogen-bond donors (Lipinski definition) is 2. The van der Waals surface area contributed by atoms with Gasteiger partial charge in [0, 0.05) is 12.2 Å². The predicted molar refractivity (Wildman–Crippen MR) is 113 cm³/mol. The summed E-state index contributed by atoms with van der Waals surface area (Å²) in [5, 5.41) is 5.30. The summed E-state index contributed by atoms with van der Waals surface area (Å²) in [5.74, 6) is -1.89. The Morgan fingerprint density at radius 1 is 1.07 bits per heavy atom. The molecule has 1 aliphatic heterocycles. The van der Waals surface area contributed by atoms with Crippen LogP contribution in [-0.2, 0) is 14.8 Å². The monoisotopic (exact) mass is 433 g/mol. The molecule has 1 heterocycles. The van der Waals surface area contributed by atoms with Crippen molar-refractivity contribution in [2.45, 2.75) is 26.3 Å².